The topological polar surface area (TPSA) is 66.4 Å². The van der Waals surface area contributed by atoms with Crippen LogP contribution in [0.2, 0.25) is 0 Å². The molecule has 1 aliphatic rings. The van der Waals surface area contributed by atoms with Crippen molar-refractivity contribution in [3.63, 3.8) is 0 Å². The lowest BCUT2D eigenvalue weighted by molar-refractivity contribution is -0.139. The first-order valence-corrected chi connectivity index (χ1v) is 6.44. The Morgan fingerprint density at radius 1 is 1.29 bits per heavy atom. The van der Waals surface area contributed by atoms with Crippen molar-refractivity contribution in [2.45, 2.75) is 58.9 Å². The first-order valence-electron chi connectivity index (χ1n) is 6.44. The molecule has 0 bridgehead atoms. The van der Waals surface area contributed by atoms with E-state index in [1.165, 1.54) is 39.2 Å². The molecule has 0 spiro atoms. The van der Waals surface area contributed by atoms with Crippen molar-refractivity contribution in [3.05, 3.63) is 0 Å². The minimum absolute atomic E-state index is 0.312. The molecular formula is C13H25NO3. The van der Waals surface area contributed by atoms with Crippen LogP contribution in [-0.4, -0.2) is 29.4 Å². The van der Waals surface area contributed by atoms with E-state index in [0.29, 0.717) is 0 Å². The van der Waals surface area contributed by atoms with Gasteiger partial charge in [-0.3, -0.25) is 9.59 Å². The summed E-state index contributed by atoms with van der Waals surface area (Å²) in [5.74, 6) is -0.369. The maximum atomic E-state index is 9.87. The summed E-state index contributed by atoms with van der Waals surface area (Å²) >= 11 is 0. The molecule has 1 heterocycles. The van der Waals surface area contributed by atoms with Gasteiger partial charge in [0.1, 0.15) is 12.2 Å². The molecule has 2 atom stereocenters. The van der Waals surface area contributed by atoms with Crippen LogP contribution in [-0.2, 0) is 9.59 Å². The van der Waals surface area contributed by atoms with Gasteiger partial charge in [-0.15, -0.1) is 0 Å². The maximum Gasteiger partial charge on any atom is 0.310 e. The molecule has 0 aromatic heterocycles. The van der Waals surface area contributed by atoms with E-state index in [9.17, 15) is 9.59 Å². The molecule has 2 N–H and O–H groups in total. The minimum atomic E-state index is -1.06. The Hall–Kier alpha value is -0.900. The van der Waals surface area contributed by atoms with E-state index in [2.05, 4.69) is 19.2 Å². The number of carboxylic acid groups (broad SMARTS) is 1. The number of Topliss-reactive ketones (excluding diaryl/α,β-unsaturated/α-hetero) is 1. The molecule has 100 valence electrons. The van der Waals surface area contributed by atoms with Gasteiger partial charge in [0.05, 0.1) is 0 Å². The van der Waals surface area contributed by atoms with Crippen LogP contribution in [0.1, 0.15) is 52.9 Å². The molecule has 1 rings (SSSR count). The van der Waals surface area contributed by atoms with Crippen LogP contribution in [0.4, 0.5) is 0 Å². The van der Waals surface area contributed by atoms with Gasteiger partial charge in [0.2, 0.25) is 0 Å². The van der Waals surface area contributed by atoms with E-state index in [4.69, 9.17) is 5.11 Å². The summed E-state index contributed by atoms with van der Waals surface area (Å²) in [6, 6.07) is 0.818. The maximum absolute atomic E-state index is 9.87. The molecule has 0 amide bonds. The van der Waals surface area contributed by atoms with Gasteiger partial charge in [-0.1, -0.05) is 20.3 Å². The first-order chi connectivity index (χ1) is 7.99. The Morgan fingerprint density at radius 2 is 1.94 bits per heavy atom. The molecule has 1 fully saturated rings. The van der Waals surface area contributed by atoms with Gasteiger partial charge in [-0.2, -0.15) is 0 Å². The van der Waals surface area contributed by atoms with Crippen molar-refractivity contribution in [2.75, 3.05) is 6.54 Å². The van der Waals surface area contributed by atoms with Crippen molar-refractivity contribution in [2.24, 2.45) is 5.92 Å². The molecular weight excluding hydrogens is 218 g/mol. The second-order valence-electron chi connectivity index (χ2n) is 4.63. The van der Waals surface area contributed by atoms with Gasteiger partial charge in [0.15, 0.2) is 0 Å². The number of nitrogens with one attached hydrogen (secondary N) is 1. The fourth-order valence-electron chi connectivity index (χ4n) is 1.99. The predicted octanol–water partition coefficient (Wildman–Crippen LogP) is 2.22. The lowest BCUT2D eigenvalue weighted by Crippen LogP contribution is -2.37. The number of aliphatic carboxylic acids is 1. The van der Waals surface area contributed by atoms with Crippen LogP contribution in [0.25, 0.3) is 0 Å². The normalized spacial score (nSPS) is 23.5. The molecule has 4 heteroatoms. The van der Waals surface area contributed by atoms with Gasteiger partial charge in [-0.05, 0) is 38.6 Å². The highest BCUT2D eigenvalue weighted by Crippen LogP contribution is 2.20. The van der Waals surface area contributed by atoms with Crippen molar-refractivity contribution in [1.82, 2.24) is 5.32 Å². The zero-order valence-corrected chi connectivity index (χ0v) is 11.2. The Balaban J connectivity index is 0.000000325. The Morgan fingerprint density at radius 3 is 2.29 bits per heavy atom. The third-order valence-corrected chi connectivity index (χ3v) is 3.07. The van der Waals surface area contributed by atoms with E-state index in [-0.39, 0.29) is 12.2 Å². The molecule has 0 aromatic rings. The Labute approximate surface area is 104 Å². The van der Waals surface area contributed by atoms with Crippen LogP contribution in [0.5, 0.6) is 0 Å². The number of carbonyl (C=O) groups is 2. The Bertz CT molecular complexity index is 219. The van der Waals surface area contributed by atoms with E-state index < -0.39 is 5.97 Å². The van der Waals surface area contributed by atoms with E-state index >= 15 is 0 Å². The van der Waals surface area contributed by atoms with Gasteiger partial charge in [0.25, 0.3) is 0 Å². The number of hydrogen-bond acceptors (Lipinski definition) is 3. The summed E-state index contributed by atoms with van der Waals surface area (Å²) in [6.07, 6.45) is 5.12. The van der Waals surface area contributed by atoms with Crippen LogP contribution >= 0.6 is 0 Å². The Kier molecular flexibility index (Phi) is 8.68. The van der Waals surface area contributed by atoms with Gasteiger partial charge >= 0.3 is 5.97 Å². The molecule has 0 saturated carbocycles. The molecule has 0 aliphatic carbocycles. The lowest BCUT2D eigenvalue weighted by Gasteiger charge is -2.28. The largest absolute Gasteiger partial charge is 0.481 e. The van der Waals surface area contributed by atoms with E-state index in [1.807, 2.05) is 0 Å². The smallest absolute Gasteiger partial charge is 0.310 e. The predicted molar refractivity (Wildman–Crippen MR) is 68.0 cm³/mol. The molecule has 4 nitrogen and oxygen atoms in total. The second-order valence-corrected chi connectivity index (χ2v) is 4.63. The summed E-state index contributed by atoms with van der Waals surface area (Å²) < 4.78 is 0. The van der Waals surface area contributed by atoms with Gasteiger partial charge < -0.3 is 10.4 Å². The zero-order valence-electron chi connectivity index (χ0n) is 11.2. The van der Waals surface area contributed by atoms with Crippen LogP contribution < -0.4 is 5.32 Å². The average molecular weight is 243 g/mol. The minimum Gasteiger partial charge on any atom is -0.481 e. The molecule has 17 heavy (non-hydrogen) atoms. The van der Waals surface area contributed by atoms with Crippen LogP contribution in [0, 0.1) is 5.92 Å². The number of ketones is 1. The third-order valence-electron chi connectivity index (χ3n) is 3.07. The number of rotatable bonds is 4. The number of carboxylic acids is 1. The van der Waals surface area contributed by atoms with Gasteiger partial charge in [0, 0.05) is 6.04 Å². The molecule has 1 saturated heterocycles. The first kappa shape index (κ1) is 16.1. The van der Waals surface area contributed by atoms with Crippen molar-refractivity contribution in [1.29, 1.82) is 0 Å². The summed E-state index contributed by atoms with van der Waals surface area (Å²) in [5, 5.41) is 11.4. The summed E-state index contributed by atoms with van der Waals surface area (Å²) in [7, 11) is 0. The fourth-order valence-corrected chi connectivity index (χ4v) is 1.99. The van der Waals surface area contributed by atoms with Crippen molar-refractivity contribution >= 4 is 11.8 Å². The third kappa shape index (κ3) is 8.86. The van der Waals surface area contributed by atoms with E-state index in [1.54, 1.807) is 0 Å². The highest BCUT2D eigenvalue weighted by molar-refractivity contribution is 5.93. The van der Waals surface area contributed by atoms with Gasteiger partial charge in [-0.25, -0.2) is 0 Å². The van der Waals surface area contributed by atoms with Crippen molar-refractivity contribution < 1.29 is 14.7 Å². The molecule has 0 radical (unpaired) electrons. The van der Waals surface area contributed by atoms with Crippen LogP contribution in [0.3, 0.4) is 0 Å². The lowest BCUT2D eigenvalue weighted by atomic mass is 9.89. The summed E-state index contributed by atoms with van der Waals surface area (Å²) in [4.78, 5) is 19.5. The van der Waals surface area contributed by atoms with Crippen LogP contribution in [0.15, 0.2) is 0 Å². The molecule has 1 aliphatic heterocycles. The summed E-state index contributed by atoms with van der Waals surface area (Å²) in [5.41, 5.74) is 0. The standard InChI is InChI=1S/C9H19N.C4H6O3/c1-3-8-5-6-10-9(4-2)7-8;1-3(5)2-4(6)7/h8-10H,3-7H2,1-2H3;2H2,1H3,(H,6,7). The molecule has 0 aromatic carbocycles. The van der Waals surface area contributed by atoms with E-state index in [0.717, 1.165) is 12.0 Å². The SMILES string of the molecule is CC(=O)CC(=O)O.CCC1CCNC(CC)C1. The molecule has 2 unspecified atom stereocenters. The number of piperidine rings is 1. The second kappa shape index (κ2) is 9.16. The summed E-state index contributed by atoms with van der Waals surface area (Å²) in [6.45, 7) is 7.07. The number of carbonyl (C=O) groups excluding carboxylic acids is 1. The highest BCUT2D eigenvalue weighted by atomic mass is 16.4. The average Bonchev–Trinajstić information content (AvgIpc) is 2.28. The fraction of sp³-hybridized carbons (Fsp3) is 0.846. The number of hydrogen-bond donors (Lipinski definition) is 2. The van der Waals surface area contributed by atoms with Crippen molar-refractivity contribution in [3.8, 4) is 0 Å². The zero-order chi connectivity index (χ0) is 13.3. The highest BCUT2D eigenvalue weighted by Gasteiger charge is 2.17. The quantitative estimate of drug-likeness (QED) is 0.743. The monoisotopic (exact) mass is 243 g/mol.